The van der Waals surface area contributed by atoms with E-state index in [-0.39, 0.29) is 6.10 Å². The van der Waals surface area contributed by atoms with Crippen LogP contribution in [-0.2, 0) is 16.3 Å². The molecule has 1 N–H and O–H groups in total. The van der Waals surface area contributed by atoms with Crippen molar-refractivity contribution >= 4 is 28.9 Å². The molecule has 2 atom stereocenters. The van der Waals surface area contributed by atoms with Crippen LogP contribution < -0.4 is 0 Å². The predicted molar refractivity (Wildman–Crippen MR) is 47.8 cm³/mol. The zero-order chi connectivity index (χ0) is 8.20. The summed E-state index contributed by atoms with van der Waals surface area (Å²) in [7, 11) is 0. The highest BCUT2D eigenvalue weighted by Gasteiger charge is 2.12. The van der Waals surface area contributed by atoms with E-state index in [1.54, 1.807) is 0 Å². The lowest BCUT2D eigenvalue weighted by molar-refractivity contribution is 0.215. The molecule has 0 heterocycles. The molecular weight excluding hydrogens is 191 g/mol. The van der Waals surface area contributed by atoms with Gasteiger partial charge in [0.1, 0.15) is 0 Å². The van der Waals surface area contributed by atoms with Crippen molar-refractivity contribution in [1.82, 2.24) is 0 Å². The predicted octanol–water partition coefficient (Wildman–Crippen LogP) is 2.65. The van der Waals surface area contributed by atoms with Gasteiger partial charge in [-0.05, 0) is 36.4 Å². The lowest BCUT2D eigenvalue weighted by atomic mass is 10.2. The van der Waals surface area contributed by atoms with E-state index in [9.17, 15) is 0 Å². The van der Waals surface area contributed by atoms with Gasteiger partial charge in [-0.25, -0.2) is 0 Å². The molecule has 0 radical (unpaired) electrons. The Morgan fingerprint density at radius 2 is 2.30 bits per heavy atom. The fourth-order valence-electron chi connectivity index (χ4n) is 0.681. The summed E-state index contributed by atoms with van der Waals surface area (Å²) in [6.07, 6.45) is 1.86. The minimum Gasteiger partial charge on any atom is -0.334 e. The van der Waals surface area contributed by atoms with Crippen molar-refractivity contribution < 1.29 is 9.42 Å². The fraction of sp³-hybridized carbons (Fsp3) is 1.00. The first kappa shape index (κ1) is 10.9. The van der Waals surface area contributed by atoms with Crippen LogP contribution in [-0.4, -0.2) is 11.0 Å². The molecule has 0 amide bonds. The van der Waals surface area contributed by atoms with Crippen molar-refractivity contribution in [3.63, 3.8) is 0 Å². The maximum atomic E-state index is 8.88. The van der Waals surface area contributed by atoms with Crippen molar-refractivity contribution in [3.8, 4) is 0 Å². The molecule has 0 saturated heterocycles. The van der Waals surface area contributed by atoms with Gasteiger partial charge >= 0.3 is 0 Å². The third kappa shape index (κ3) is 6.97. The molecule has 0 spiro atoms. The highest BCUT2D eigenvalue weighted by Crippen LogP contribution is 2.49. The molecule has 2 unspecified atom stereocenters. The average molecular weight is 203 g/mol. The summed E-state index contributed by atoms with van der Waals surface area (Å²) < 4.78 is 4.92. The maximum absolute atomic E-state index is 8.88. The fourth-order valence-corrected chi connectivity index (χ4v) is 2.08. The van der Waals surface area contributed by atoms with Gasteiger partial charge in [-0.2, -0.15) is 0 Å². The molecule has 0 aliphatic heterocycles. The van der Waals surface area contributed by atoms with Crippen molar-refractivity contribution in [3.05, 3.63) is 0 Å². The van der Waals surface area contributed by atoms with Crippen LogP contribution >= 0.6 is 17.1 Å². The molecule has 0 aromatic carbocycles. The molecule has 0 aliphatic rings. The highest BCUT2D eigenvalue weighted by molar-refractivity contribution is 8.21. The van der Waals surface area contributed by atoms with Gasteiger partial charge < -0.3 is 9.42 Å². The number of rotatable bonds is 4. The van der Waals surface area contributed by atoms with Crippen LogP contribution in [0.2, 0.25) is 0 Å². The van der Waals surface area contributed by atoms with Gasteiger partial charge in [0.15, 0.2) is 0 Å². The zero-order valence-corrected chi connectivity index (χ0v) is 8.55. The van der Waals surface area contributed by atoms with Crippen LogP contribution in [0.3, 0.4) is 0 Å². The van der Waals surface area contributed by atoms with E-state index in [0.29, 0.717) is 0 Å². The van der Waals surface area contributed by atoms with Gasteiger partial charge in [0.05, 0.1) is 6.10 Å². The molecule has 62 valence electrons. The first-order valence-electron chi connectivity index (χ1n) is 3.16. The summed E-state index contributed by atoms with van der Waals surface area (Å²) in [6, 6.07) is 0. The molecule has 0 aliphatic carbocycles. The van der Waals surface area contributed by atoms with Crippen LogP contribution in [0.4, 0.5) is 0 Å². The highest BCUT2D eigenvalue weighted by atomic mass is 35.7. The Balaban J connectivity index is 3.58. The van der Waals surface area contributed by atoms with Crippen molar-refractivity contribution in [2.45, 2.75) is 32.8 Å². The quantitative estimate of drug-likeness (QED) is 0.711. The molecule has 0 aromatic heterocycles. The normalized spacial score (nSPS) is 20.0. The van der Waals surface area contributed by atoms with E-state index in [2.05, 4.69) is 11.8 Å². The Morgan fingerprint density at radius 1 is 1.80 bits per heavy atom. The molecule has 0 fully saturated rings. The van der Waals surface area contributed by atoms with E-state index < -0.39 is 5.84 Å². The number of hydrogen-bond acceptors (Lipinski definition) is 2. The standard InChI is InChI=1S/C5H12ClO2PS/c1-3-4-5(2)8-9(6,7)10/h5H,3-4H2,1-2H3,(H,7,10). The van der Waals surface area contributed by atoms with Crippen molar-refractivity contribution in [1.29, 1.82) is 0 Å². The Bertz CT molecular complexity index is 136. The Labute approximate surface area is 71.5 Å². The second-order valence-corrected chi connectivity index (χ2v) is 6.73. The smallest absolute Gasteiger partial charge is 0.279 e. The third-order valence-electron chi connectivity index (χ3n) is 1.01. The monoisotopic (exact) mass is 202 g/mol. The van der Waals surface area contributed by atoms with E-state index in [4.69, 9.17) is 20.7 Å². The lowest BCUT2D eigenvalue weighted by Crippen LogP contribution is -2.03. The first-order chi connectivity index (χ1) is 4.45. The summed E-state index contributed by atoms with van der Waals surface area (Å²) in [4.78, 5) is 8.88. The van der Waals surface area contributed by atoms with Crippen LogP contribution in [0, 0.1) is 0 Å². The van der Waals surface area contributed by atoms with Gasteiger partial charge in [0.25, 0.3) is 5.84 Å². The van der Waals surface area contributed by atoms with Crippen LogP contribution in [0.15, 0.2) is 0 Å². The third-order valence-corrected chi connectivity index (χ3v) is 2.12. The molecular formula is C5H12ClO2PS. The van der Waals surface area contributed by atoms with Crippen LogP contribution in [0.5, 0.6) is 0 Å². The summed E-state index contributed by atoms with van der Waals surface area (Å²) >= 11 is 9.81. The lowest BCUT2D eigenvalue weighted by Gasteiger charge is -2.14. The topological polar surface area (TPSA) is 29.5 Å². The Kier molecular flexibility index (Phi) is 5.08. The minimum absolute atomic E-state index is 0.0293. The molecule has 0 bridgehead atoms. The Hall–Kier alpha value is 0.860. The summed E-state index contributed by atoms with van der Waals surface area (Å²) in [6.45, 7) is 3.89. The van der Waals surface area contributed by atoms with Crippen molar-refractivity contribution in [2.24, 2.45) is 0 Å². The molecule has 0 rings (SSSR count). The second kappa shape index (κ2) is 4.68. The van der Waals surface area contributed by atoms with E-state index in [1.807, 2.05) is 13.8 Å². The Morgan fingerprint density at radius 3 is 2.60 bits per heavy atom. The molecule has 2 nitrogen and oxygen atoms in total. The molecule has 5 heteroatoms. The molecule has 0 saturated carbocycles. The van der Waals surface area contributed by atoms with E-state index in [1.165, 1.54) is 0 Å². The molecule has 10 heavy (non-hydrogen) atoms. The SMILES string of the molecule is CCCC(C)OP(O)(=S)Cl. The van der Waals surface area contributed by atoms with Gasteiger partial charge in [-0.15, -0.1) is 0 Å². The van der Waals surface area contributed by atoms with E-state index in [0.717, 1.165) is 12.8 Å². The maximum Gasteiger partial charge on any atom is 0.279 e. The average Bonchev–Trinajstić information content (AvgIpc) is 1.59. The summed E-state index contributed by atoms with van der Waals surface area (Å²) in [5.41, 5.74) is 0. The molecule has 0 aromatic rings. The number of halogens is 1. The van der Waals surface area contributed by atoms with Crippen LogP contribution in [0.25, 0.3) is 0 Å². The van der Waals surface area contributed by atoms with Crippen LogP contribution in [0.1, 0.15) is 26.7 Å². The second-order valence-electron chi connectivity index (χ2n) is 2.16. The van der Waals surface area contributed by atoms with Gasteiger partial charge in [0, 0.05) is 0 Å². The first-order valence-corrected chi connectivity index (χ1v) is 6.74. The zero-order valence-electron chi connectivity index (χ0n) is 6.08. The summed E-state index contributed by atoms with van der Waals surface area (Å²) in [5.74, 6) is -2.95. The summed E-state index contributed by atoms with van der Waals surface area (Å²) in [5, 5.41) is 0. The largest absolute Gasteiger partial charge is 0.334 e. The van der Waals surface area contributed by atoms with Gasteiger partial charge in [0.2, 0.25) is 0 Å². The van der Waals surface area contributed by atoms with Gasteiger partial charge in [-0.1, -0.05) is 13.3 Å². The number of hydrogen-bond donors (Lipinski definition) is 1. The minimum atomic E-state index is -2.95. The van der Waals surface area contributed by atoms with E-state index >= 15 is 0 Å². The van der Waals surface area contributed by atoms with Gasteiger partial charge in [-0.3, -0.25) is 0 Å². The van der Waals surface area contributed by atoms with Crippen molar-refractivity contribution in [2.75, 3.05) is 0 Å².